The molecule has 0 fully saturated rings. The number of ether oxygens (including phenoxy) is 1. The first-order valence-corrected chi connectivity index (χ1v) is 6.98. The Morgan fingerprint density at radius 3 is 2.00 bits per heavy atom. The number of hydrogen-bond donors (Lipinski definition) is 0. The van der Waals surface area contributed by atoms with E-state index < -0.39 is 0 Å². The maximum absolute atomic E-state index is 5.83. The minimum atomic E-state index is 0.169. The molecule has 0 bridgehead atoms. The van der Waals surface area contributed by atoms with Crippen LogP contribution in [0.25, 0.3) is 0 Å². The molecule has 1 nitrogen and oxygen atoms in total. The van der Waals surface area contributed by atoms with Gasteiger partial charge in [-0.3, -0.25) is 0 Å². The van der Waals surface area contributed by atoms with Crippen LogP contribution in [0, 0.1) is 0 Å². The predicted molar refractivity (Wildman–Crippen MR) is 76.3 cm³/mol. The van der Waals surface area contributed by atoms with Crippen molar-refractivity contribution < 1.29 is 20.6 Å². The normalized spacial score (nSPS) is 11.1. The second-order valence-electron chi connectivity index (χ2n) is 5.53. The molecule has 0 aromatic heterocycles. The monoisotopic (exact) mass is 290 g/mol. The molecule has 0 amide bonds. The van der Waals surface area contributed by atoms with Crippen molar-refractivity contribution in [2.75, 3.05) is 0 Å². The van der Waals surface area contributed by atoms with Crippen molar-refractivity contribution in [2.24, 2.45) is 0 Å². The summed E-state index contributed by atoms with van der Waals surface area (Å²) in [5, 5.41) is 0. The molecule has 0 radical (unpaired) electrons. The van der Waals surface area contributed by atoms with Gasteiger partial charge in [0.1, 0.15) is 0 Å². The van der Waals surface area contributed by atoms with E-state index in [4.69, 9.17) is 4.74 Å². The topological polar surface area (TPSA) is 9.23 Å². The Bertz CT molecular complexity index is 550. The molecule has 0 unspecified atom stereocenters. The first-order valence-electron chi connectivity index (χ1n) is 6.34. The van der Waals surface area contributed by atoms with E-state index in [1.165, 1.54) is 5.56 Å². The van der Waals surface area contributed by atoms with Gasteiger partial charge in [-0.05, 0) is 0 Å². The van der Waals surface area contributed by atoms with Gasteiger partial charge in [-0.2, -0.15) is 0 Å². The van der Waals surface area contributed by atoms with E-state index in [0.29, 0.717) is 0 Å². The zero-order chi connectivity index (χ0) is 13.9. The maximum atomic E-state index is 5.83. The molecule has 0 aliphatic heterocycles. The van der Waals surface area contributed by atoms with Gasteiger partial charge in [0.2, 0.25) is 0 Å². The molecule has 2 aromatic carbocycles. The molecule has 2 rings (SSSR count). The average molecular weight is 290 g/mol. The van der Waals surface area contributed by atoms with Crippen LogP contribution < -0.4 is 4.74 Å². The Hall–Kier alpha value is -1.36. The zero-order valence-corrected chi connectivity index (χ0v) is 12.8. The van der Waals surface area contributed by atoms with Crippen LogP contribution in [-0.2, 0) is 21.3 Å². The van der Waals surface area contributed by atoms with Crippen molar-refractivity contribution in [1.29, 1.82) is 0 Å². The van der Waals surface area contributed by atoms with Crippen LogP contribution in [0.5, 0.6) is 5.75 Å². The van der Waals surface area contributed by atoms with Crippen LogP contribution in [0.3, 0.4) is 0 Å². The van der Waals surface area contributed by atoms with E-state index in [1.54, 1.807) is 0 Å². The third-order valence-electron chi connectivity index (χ3n) is 2.94. The summed E-state index contributed by atoms with van der Waals surface area (Å²) in [5.74, 6) is 0.852. The van der Waals surface area contributed by atoms with Crippen LogP contribution in [-0.4, -0.2) is 4.57 Å². The van der Waals surface area contributed by atoms with Crippen LogP contribution in [0.4, 0.5) is 0 Å². The average Bonchev–Trinajstić information content (AvgIpc) is 2.39. The SMILES string of the molecule is CC(C)(C)c1ccc(O[C](=[Cr])c2ccccc2)cc1. The third-order valence-corrected chi connectivity index (χ3v) is 3.44. The molecule has 0 spiro atoms. The molecule has 0 aliphatic carbocycles. The van der Waals surface area contributed by atoms with E-state index in [-0.39, 0.29) is 5.41 Å². The van der Waals surface area contributed by atoms with Gasteiger partial charge in [-0.15, -0.1) is 0 Å². The van der Waals surface area contributed by atoms with Gasteiger partial charge in [0.05, 0.1) is 0 Å². The standard InChI is InChI=1S/C17H18O.Cr/c1-17(2,3)15-9-11-16(12-10-15)18-13-14-7-5-4-6-8-14;/h4-12H,1-3H3;. The van der Waals surface area contributed by atoms with Crippen LogP contribution in [0.1, 0.15) is 31.9 Å². The number of benzene rings is 2. The summed E-state index contributed by atoms with van der Waals surface area (Å²) in [4.78, 5) is 0. The number of rotatable bonds is 3. The van der Waals surface area contributed by atoms with E-state index in [9.17, 15) is 0 Å². The fourth-order valence-electron chi connectivity index (χ4n) is 1.76. The van der Waals surface area contributed by atoms with Gasteiger partial charge in [0.25, 0.3) is 0 Å². The van der Waals surface area contributed by atoms with Gasteiger partial charge in [0.15, 0.2) is 0 Å². The van der Waals surface area contributed by atoms with Crippen LogP contribution >= 0.6 is 0 Å². The summed E-state index contributed by atoms with van der Waals surface area (Å²) in [7, 11) is 0. The second-order valence-corrected chi connectivity index (χ2v) is 6.11. The molecular weight excluding hydrogens is 272 g/mol. The van der Waals surface area contributed by atoms with Crippen molar-refractivity contribution >= 4 is 4.57 Å². The fourth-order valence-corrected chi connectivity index (χ4v) is 2.13. The van der Waals surface area contributed by atoms with Crippen molar-refractivity contribution in [3.8, 4) is 5.75 Å². The predicted octanol–water partition coefficient (Wildman–Crippen LogP) is 4.09. The van der Waals surface area contributed by atoms with Crippen molar-refractivity contribution in [3.63, 3.8) is 0 Å². The Labute approximate surface area is 123 Å². The van der Waals surface area contributed by atoms with Gasteiger partial charge >= 0.3 is 123 Å². The third kappa shape index (κ3) is 3.80. The Kier molecular flexibility index (Phi) is 4.25. The van der Waals surface area contributed by atoms with E-state index in [2.05, 4.69) is 48.8 Å². The van der Waals surface area contributed by atoms with E-state index >= 15 is 0 Å². The molecule has 19 heavy (non-hydrogen) atoms. The molecule has 0 saturated heterocycles. The van der Waals surface area contributed by atoms with E-state index in [0.717, 1.165) is 15.9 Å². The molecule has 0 saturated carbocycles. The van der Waals surface area contributed by atoms with Gasteiger partial charge in [-0.25, -0.2) is 0 Å². The molecular formula is C17H18CrO. The summed E-state index contributed by atoms with van der Waals surface area (Å²) in [6.45, 7) is 6.62. The zero-order valence-electron chi connectivity index (χ0n) is 11.5. The molecule has 0 aliphatic rings. The van der Waals surface area contributed by atoms with Crippen molar-refractivity contribution in [2.45, 2.75) is 26.2 Å². The first-order chi connectivity index (χ1) is 8.97. The van der Waals surface area contributed by atoms with Crippen molar-refractivity contribution in [1.82, 2.24) is 0 Å². The summed E-state index contributed by atoms with van der Waals surface area (Å²) in [6, 6.07) is 18.3. The minimum absolute atomic E-state index is 0.169. The van der Waals surface area contributed by atoms with Crippen LogP contribution in [0.2, 0.25) is 0 Å². The Morgan fingerprint density at radius 2 is 1.47 bits per heavy atom. The summed E-state index contributed by atoms with van der Waals surface area (Å²) in [5.41, 5.74) is 2.53. The molecule has 98 valence electrons. The molecule has 0 heterocycles. The van der Waals surface area contributed by atoms with Gasteiger partial charge in [0, 0.05) is 0 Å². The quantitative estimate of drug-likeness (QED) is 0.827. The first kappa shape index (κ1) is 14.1. The van der Waals surface area contributed by atoms with Crippen molar-refractivity contribution in [3.05, 3.63) is 65.7 Å². The van der Waals surface area contributed by atoms with E-state index in [1.807, 2.05) is 42.5 Å². The van der Waals surface area contributed by atoms with Gasteiger partial charge in [-0.1, -0.05) is 0 Å². The molecule has 0 atom stereocenters. The Morgan fingerprint density at radius 1 is 0.895 bits per heavy atom. The summed E-state index contributed by atoms with van der Waals surface area (Å²) < 4.78 is 6.62. The summed E-state index contributed by atoms with van der Waals surface area (Å²) >= 11 is 2.98. The molecule has 2 heteroatoms. The number of hydrogen-bond acceptors (Lipinski definition) is 1. The van der Waals surface area contributed by atoms with Gasteiger partial charge < -0.3 is 0 Å². The van der Waals surface area contributed by atoms with Crippen LogP contribution in [0.15, 0.2) is 54.6 Å². The molecule has 0 N–H and O–H groups in total. The Balaban J connectivity index is 2.10. The summed E-state index contributed by atoms with van der Waals surface area (Å²) in [6.07, 6.45) is 0. The fraction of sp³-hybridized carbons (Fsp3) is 0.235. The molecule has 2 aromatic rings. The second kappa shape index (κ2) is 5.74.